The average molecular weight is 443 g/mol. The van der Waals surface area contributed by atoms with Gasteiger partial charge in [-0.15, -0.1) is 0 Å². The van der Waals surface area contributed by atoms with Crippen LogP contribution in [0.1, 0.15) is 43.0 Å². The number of piperidine rings is 1. The molecular weight excluding hydrogens is 416 g/mol. The molecular formula is C23H27ClN4O3. The van der Waals surface area contributed by atoms with E-state index >= 15 is 0 Å². The summed E-state index contributed by atoms with van der Waals surface area (Å²) in [5.41, 5.74) is 2.32. The molecule has 0 bridgehead atoms. The van der Waals surface area contributed by atoms with E-state index < -0.39 is 10.8 Å². The molecule has 1 N–H and O–H groups in total. The van der Waals surface area contributed by atoms with Crippen molar-refractivity contribution < 1.29 is 9.72 Å². The summed E-state index contributed by atoms with van der Waals surface area (Å²) >= 11 is 6.50. The molecule has 8 heteroatoms. The molecule has 2 aromatic carbocycles. The van der Waals surface area contributed by atoms with Crippen molar-refractivity contribution in [3.05, 3.63) is 57.1 Å². The summed E-state index contributed by atoms with van der Waals surface area (Å²) in [6.07, 6.45) is 4.32. The van der Waals surface area contributed by atoms with Gasteiger partial charge in [0.15, 0.2) is 0 Å². The first-order valence-corrected chi connectivity index (χ1v) is 11.2. The fourth-order valence-electron chi connectivity index (χ4n) is 4.33. The van der Waals surface area contributed by atoms with Crippen LogP contribution in [-0.2, 0) is 0 Å². The van der Waals surface area contributed by atoms with Crippen molar-refractivity contribution in [2.75, 3.05) is 41.3 Å². The van der Waals surface area contributed by atoms with Crippen LogP contribution in [0.15, 0.2) is 36.4 Å². The molecule has 0 spiro atoms. The average Bonchev–Trinajstić information content (AvgIpc) is 3.29. The lowest BCUT2D eigenvalue weighted by molar-refractivity contribution is -0.384. The zero-order chi connectivity index (χ0) is 22.0. The minimum Gasteiger partial charge on any atom is -0.370 e. The number of nitrogens with one attached hydrogen (secondary N) is 1. The SMILES string of the molecule is CC1CCN(c2ccc(NC(=O)c3ccc(N4CCCC4)c([N+](=O)[O-])c3)cc2Cl)CC1. The van der Waals surface area contributed by atoms with Crippen molar-refractivity contribution in [3.63, 3.8) is 0 Å². The number of nitro benzene ring substituents is 1. The zero-order valence-electron chi connectivity index (χ0n) is 17.6. The van der Waals surface area contributed by atoms with Crippen LogP contribution in [0, 0.1) is 16.0 Å². The first-order chi connectivity index (χ1) is 14.9. The Morgan fingerprint density at radius 2 is 1.68 bits per heavy atom. The summed E-state index contributed by atoms with van der Waals surface area (Å²) in [5.74, 6) is 0.334. The van der Waals surface area contributed by atoms with E-state index in [1.165, 1.54) is 6.07 Å². The summed E-state index contributed by atoms with van der Waals surface area (Å²) in [6.45, 7) is 5.80. The highest BCUT2D eigenvalue weighted by Crippen LogP contribution is 2.33. The predicted molar refractivity (Wildman–Crippen MR) is 125 cm³/mol. The number of hydrogen-bond acceptors (Lipinski definition) is 5. The molecule has 2 aliphatic rings. The Bertz CT molecular complexity index is 983. The molecule has 2 heterocycles. The number of benzene rings is 2. The van der Waals surface area contributed by atoms with Crippen LogP contribution in [0.2, 0.25) is 5.02 Å². The molecule has 1 amide bonds. The van der Waals surface area contributed by atoms with Crippen LogP contribution in [0.25, 0.3) is 0 Å². The number of nitrogens with zero attached hydrogens (tertiary/aromatic N) is 3. The first-order valence-electron chi connectivity index (χ1n) is 10.8. The first kappa shape index (κ1) is 21.4. The highest BCUT2D eigenvalue weighted by Gasteiger charge is 2.24. The van der Waals surface area contributed by atoms with Crippen molar-refractivity contribution >= 4 is 40.3 Å². The Kier molecular flexibility index (Phi) is 6.32. The third-order valence-electron chi connectivity index (χ3n) is 6.21. The molecule has 7 nitrogen and oxygen atoms in total. The monoisotopic (exact) mass is 442 g/mol. The highest BCUT2D eigenvalue weighted by molar-refractivity contribution is 6.33. The topological polar surface area (TPSA) is 78.7 Å². The third kappa shape index (κ3) is 4.77. The number of carbonyl (C=O) groups is 1. The maximum Gasteiger partial charge on any atom is 0.293 e. The number of hydrogen-bond donors (Lipinski definition) is 1. The van der Waals surface area contributed by atoms with Gasteiger partial charge in [0.2, 0.25) is 0 Å². The Balaban J connectivity index is 1.49. The molecule has 31 heavy (non-hydrogen) atoms. The molecule has 0 radical (unpaired) electrons. The second-order valence-corrected chi connectivity index (χ2v) is 8.85. The number of carbonyl (C=O) groups excluding carboxylic acids is 1. The van der Waals surface area contributed by atoms with E-state index in [2.05, 4.69) is 17.1 Å². The molecule has 2 saturated heterocycles. The van der Waals surface area contributed by atoms with E-state index in [-0.39, 0.29) is 11.3 Å². The van der Waals surface area contributed by atoms with E-state index in [0.717, 1.165) is 63.5 Å². The molecule has 0 aromatic heterocycles. The smallest absolute Gasteiger partial charge is 0.293 e. The van der Waals surface area contributed by atoms with Gasteiger partial charge in [-0.1, -0.05) is 18.5 Å². The minimum atomic E-state index is -0.421. The van der Waals surface area contributed by atoms with Crippen molar-refractivity contribution in [2.45, 2.75) is 32.6 Å². The lowest BCUT2D eigenvalue weighted by Crippen LogP contribution is -2.32. The fourth-order valence-corrected chi connectivity index (χ4v) is 4.63. The fraction of sp³-hybridized carbons (Fsp3) is 0.435. The summed E-state index contributed by atoms with van der Waals surface area (Å²) < 4.78 is 0. The molecule has 4 rings (SSSR count). The van der Waals surface area contributed by atoms with Crippen molar-refractivity contribution in [2.24, 2.45) is 5.92 Å². The quantitative estimate of drug-likeness (QED) is 0.499. The Hall–Kier alpha value is -2.80. The second-order valence-electron chi connectivity index (χ2n) is 8.44. The van der Waals surface area contributed by atoms with Gasteiger partial charge in [-0.2, -0.15) is 0 Å². The Morgan fingerprint density at radius 3 is 2.32 bits per heavy atom. The van der Waals surface area contributed by atoms with Crippen molar-refractivity contribution in [1.29, 1.82) is 0 Å². The molecule has 0 aliphatic carbocycles. The molecule has 2 aromatic rings. The van der Waals surface area contributed by atoms with E-state index in [1.54, 1.807) is 18.2 Å². The third-order valence-corrected chi connectivity index (χ3v) is 6.51. The molecule has 0 unspecified atom stereocenters. The van der Waals surface area contributed by atoms with E-state index in [9.17, 15) is 14.9 Å². The van der Waals surface area contributed by atoms with Crippen LogP contribution in [0.3, 0.4) is 0 Å². The molecule has 0 atom stereocenters. The van der Waals surface area contributed by atoms with E-state index in [0.29, 0.717) is 16.4 Å². The van der Waals surface area contributed by atoms with Crippen LogP contribution >= 0.6 is 11.6 Å². The maximum absolute atomic E-state index is 12.8. The number of nitro groups is 1. The van der Waals surface area contributed by atoms with Gasteiger partial charge in [0.25, 0.3) is 11.6 Å². The van der Waals surface area contributed by atoms with Gasteiger partial charge in [-0.3, -0.25) is 14.9 Å². The van der Waals surface area contributed by atoms with Gasteiger partial charge < -0.3 is 15.1 Å². The van der Waals surface area contributed by atoms with Crippen LogP contribution in [0.4, 0.5) is 22.7 Å². The zero-order valence-corrected chi connectivity index (χ0v) is 18.4. The van der Waals surface area contributed by atoms with Gasteiger partial charge in [-0.05, 0) is 61.9 Å². The summed E-state index contributed by atoms with van der Waals surface area (Å²) in [5, 5.41) is 15.0. The van der Waals surface area contributed by atoms with Gasteiger partial charge >= 0.3 is 0 Å². The van der Waals surface area contributed by atoms with Gasteiger partial charge in [-0.25, -0.2) is 0 Å². The van der Waals surface area contributed by atoms with E-state index in [1.807, 2.05) is 17.0 Å². The number of amides is 1. The Morgan fingerprint density at radius 1 is 1.03 bits per heavy atom. The number of anilines is 3. The van der Waals surface area contributed by atoms with Crippen LogP contribution < -0.4 is 15.1 Å². The summed E-state index contributed by atoms with van der Waals surface area (Å²) in [6, 6.07) is 10.2. The summed E-state index contributed by atoms with van der Waals surface area (Å²) in [4.78, 5) is 28.2. The highest BCUT2D eigenvalue weighted by atomic mass is 35.5. The molecule has 2 aliphatic heterocycles. The van der Waals surface area contributed by atoms with Crippen molar-refractivity contribution in [3.8, 4) is 0 Å². The number of rotatable bonds is 5. The molecule has 164 valence electrons. The van der Waals surface area contributed by atoms with Crippen molar-refractivity contribution in [1.82, 2.24) is 0 Å². The van der Waals surface area contributed by atoms with Crippen LogP contribution in [-0.4, -0.2) is 37.0 Å². The standard InChI is InChI=1S/C23H27ClN4O3/c1-16-8-12-27(13-9-16)20-7-5-18(15-19(20)24)25-23(29)17-4-6-21(22(14-17)28(30)31)26-10-2-3-11-26/h4-7,14-16H,2-3,8-13H2,1H3,(H,25,29). The second kappa shape index (κ2) is 9.14. The Labute approximate surface area is 187 Å². The van der Waals surface area contributed by atoms with Crippen LogP contribution in [0.5, 0.6) is 0 Å². The lowest BCUT2D eigenvalue weighted by atomic mass is 9.99. The number of halogens is 1. The van der Waals surface area contributed by atoms with E-state index in [4.69, 9.17) is 11.6 Å². The largest absolute Gasteiger partial charge is 0.370 e. The van der Waals surface area contributed by atoms with Gasteiger partial charge in [0.1, 0.15) is 5.69 Å². The normalized spacial score (nSPS) is 17.1. The lowest BCUT2D eigenvalue weighted by Gasteiger charge is -2.32. The molecule has 0 saturated carbocycles. The molecule has 2 fully saturated rings. The maximum atomic E-state index is 12.8. The summed E-state index contributed by atoms with van der Waals surface area (Å²) in [7, 11) is 0. The van der Waals surface area contributed by atoms with Gasteiger partial charge in [0, 0.05) is 43.5 Å². The van der Waals surface area contributed by atoms with Gasteiger partial charge in [0.05, 0.1) is 15.6 Å². The predicted octanol–water partition coefficient (Wildman–Crippen LogP) is 5.34. The minimum absolute atomic E-state index is 0.0396.